The molecule has 2 atom stereocenters. The molecule has 1 aliphatic heterocycles. The lowest BCUT2D eigenvalue weighted by atomic mass is 10.1. The van der Waals surface area contributed by atoms with Crippen LogP contribution < -0.4 is 10.2 Å². The zero-order valence-corrected chi connectivity index (χ0v) is 12.1. The molecule has 0 amide bonds. The molecule has 0 spiro atoms. The summed E-state index contributed by atoms with van der Waals surface area (Å²) in [7, 11) is 0. The summed E-state index contributed by atoms with van der Waals surface area (Å²) in [5, 5.41) is 15.1. The van der Waals surface area contributed by atoms with E-state index in [0.717, 1.165) is 29.8 Å². The number of aromatic nitrogens is 1. The Morgan fingerprint density at radius 2 is 1.95 bits per heavy atom. The molecule has 0 aliphatic carbocycles. The first-order chi connectivity index (χ1) is 10.0. The van der Waals surface area contributed by atoms with Gasteiger partial charge in [0.15, 0.2) is 0 Å². The summed E-state index contributed by atoms with van der Waals surface area (Å²) in [6.45, 7) is 6.14. The summed E-state index contributed by atoms with van der Waals surface area (Å²) < 4.78 is 0. The highest BCUT2D eigenvalue weighted by molar-refractivity contribution is 5.82. The van der Waals surface area contributed by atoms with Gasteiger partial charge in [0, 0.05) is 42.7 Å². The van der Waals surface area contributed by atoms with Crippen LogP contribution in [0.1, 0.15) is 13.8 Å². The van der Waals surface area contributed by atoms with Crippen LogP contribution in [-0.2, 0) is 0 Å². The molecule has 2 aromatic rings. The Kier molecular flexibility index (Phi) is 3.47. The minimum absolute atomic E-state index is 0.0986. The molecule has 1 aliphatic rings. The van der Waals surface area contributed by atoms with Crippen LogP contribution in [-0.4, -0.2) is 35.1 Å². The minimum atomic E-state index is -0.382. The van der Waals surface area contributed by atoms with Gasteiger partial charge in [0.2, 0.25) is 0 Å². The number of pyridine rings is 1. The maximum absolute atomic E-state index is 10.8. The Hall–Kier alpha value is -2.21. The zero-order valence-electron chi connectivity index (χ0n) is 12.1. The second kappa shape index (κ2) is 5.29. The van der Waals surface area contributed by atoms with Crippen LogP contribution in [0.25, 0.3) is 10.9 Å². The summed E-state index contributed by atoms with van der Waals surface area (Å²) in [5.74, 6) is 0.927. The van der Waals surface area contributed by atoms with Gasteiger partial charge in [-0.25, -0.2) is 4.98 Å². The number of nitro benzene ring substituents is 1. The predicted octanol–water partition coefficient (Wildman–Crippen LogP) is 2.33. The Bertz CT molecular complexity index is 678. The molecule has 1 saturated heterocycles. The first-order valence-electron chi connectivity index (χ1n) is 7.09. The van der Waals surface area contributed by atoms with Crippen LogP contribution in [0, 0.1) is 10.1 Å². The van der Waals surface area contributed by atoms with E-state index in [4.69, 9.17) is 0 Å². The molecule has 0 saturated carbocycles. The van der Waals surface area contributed by atoms with Gasteiger partial charge >= 0.3 is 0 Å². The molecule has 1 fully saturated rings. The third kappa shape index (κ3) is 2.80. The van der Waals surface area contributed by atoms with E-state index in [1.165, 1.54) is 6.07 Å². The summed E-state index contributed by atoms with van der Waals surface area (Å²) in [5.41, 5.74) is 0.887. The first kappa shape index (κ1) is 13.8. The minimum Gasteiger partial charge on any atom is -0.353 e. The molecule has 21 heavy (non-hydrogen) atoms. The van der Waals surface area contributed by atoms with E-state index >= 15 is 0 Å². The number of non-ortho nitro benzene ring substituents is 1. The molecule has 110 valence electrons. The molecule has 1 aromatic heterocycles. The summed E-state index contributed by atoms with van der Waals surface area (Å²) in [6.07, 6.45) is 0. The largest absolute Gasteiger partial charge is 0.353 e. The molecule has 6 heteroatoms. The second-order valence-electron chi connectivity index (χ2n) is 5.68. The van der Waals surface area contributed by atoms with Crippen molar-refractivity contribution < 1.29 is 4.92 Å². The van der Waals surface area contributed by atoms with E-state index < -0.39 is 0 Å². The lowest BCUT2D eigenvalue weighted by Crippen LogP contribution is -2.54. The molecule has 3 rings (SSSR count). The molecular weight excluding hydrogens is 268 g/mol. The van der Waals surface area contributed by atoms with Crippen LogP contribution >= 0.6 is 0 Å². The van der Waals surface area contributed by atoms with E-state index in [9.17, 15) is 10.1 Å². The van der Waals surface area contributed by atoms with Crippen molar-refractivity contribution in [3.63, 3.8) is 0 Å². The lowest BCUT2D eigenvalue weighted by molar-refractivity contribution is -0.384. The van der Waals surface area contributed by atoms with E-state index in [1.807, 2.05) is 12.1 Å². The topological polar surface area (TPSA) is 71.3 Å². The number of benzene rings is 1. The van der Waals surface area contributed by atoms with Crippen LogP contribution in [0.4, 0.5) is 11.5 Å². The van der Waals surface area contributed by atoms with Gasteiger partial charge in [0.1, 0.15) is 5.82 Å². The van der Waals surface area contributed by atoms with Gasteiger partial charge < -0.3 is 10.2 Å². The van der Waals surface area contributed by atoms with Crippen LogP contribution in [0.2, 0.25) is 0 Å². The highest BCUT2D eigenvalue weighted by Crippen LogP contribution is 2.23. The Labute approximate surface area is 122 Å². The summed E-state index contributed by atoms with van der Waals surface area (Å²) >= 11 is 0. The standard InChI is InChI=1S/C15H18N4O2/c1-10-8-18(9-11(2)16-10)15-6-3-12-7-13(19(20)21)4-5-14(12)17-15/h3-7,10-11,16H,8-9H2,1-2H3. The van der Waals surface area contributed by atoms with Gasteiger partial charge in [0.25, 0.3) is 5.69 Å². The average Bonchev–Trinajstić information content (AvgIpc) is 2.45. The highest BCUT2D eigenvalue weighted by atomic mass is 16.6. The number of nitrogens with zero attached hydrogens (tertiary/aromatic N) is 3. The predicted molar refractivity (Wildman–Crippen MR) is 82.7 cm³/mol. The molecule has 2 unspecified atom stereocenters. The van der Waals surface area contributed by atoms with Crippen molar-refractivity contribution in [2.24, 2.45) is 0 Å². The maximum Gasteiger partial charge on any atom is 0.270 e. The van der Waals surface area contributed by atoms with Crippen molar-refractivity contribution in [3.8, 4) is 0 Å². The molecule has 1 N–H and O–H groups in total. The number of anilines is 1. The number of hydrogen-bond donors (Lipinski definition) is 1. The smallest absolute Gasteiger partial charge is 0.270 e. The molecule has 6 nitrogen and oxygen atoms in total. The third-order valence-electron chi connectivity index (χ3n) is 3.75. The number of rotatable bonds is 2. The Morgan fingerprint density at radius 3 is 2.62 bits per heavy atom. The second-order valence-corrected chi connectivity index (χ2v) is 5.68. The van der Waals surface area contributed by atoms with Gasteiger partial charge in [-0.15, -0.1) is 0 Å². The fraction of sp³-hybridized carbons (Fsp3) is 0.400. The van der Waals surface area contributed by atoms with Crippen LogP contribution in [0.15, 0.2) is 30.3 Å². The third-order valence-corrected chi connectivity index (χ3v) is 3.75. The van der Waals surface area contributed by atoms with Crippen molar-refractivity contribution in [1.82, 2.24) is 10.3 Å². The van der Waals surface area contributed by atoms with E-state index in [1.54, 1.807) is 12.1 Å². The molecule has 1 aromatic carbocycles. The number of piperazine rings is 1. The van der Waals surface area contributed by atoms with Gasteiger partial charge in [0.05, 0.1) is 10.4 Å². The van der Waals surface area contributed by atoms with Crippen molar-refractivity contribution in [1.29, 1.82) is 0 Å². The Morgan fingerprint density at radius 1 is 1.24 bits per heavy atom. The van der Waals surface area contributed by atoms with Crippen molar-refractivity contribution >= 4 is 22.4 Å². The van der Waals surface area contributed by atoms with Gasteiger partial charge in [-0.05, 0) is 32.0 Å². The fourth-order valence-corrected chi connectivity index (χ4v) is 2.91. The SMILES string of the molecule is CC1CN(c2ccc3cc([N+](=O)[O-])ccc3n2)CC(C)N1. The van der Waals surface area contributed by atoms with Crippen molar-refractivity contribution in [2.75, 3.05) is 18.0 Å². The first-order valence-corrected chi connectivity index (χ1v) is 7.09. The fourth-order valence-electron chi connectivity index (χ4n) is 2.91. The number of nitro groups is 1. The Balaban J connectivity index is 1.94. The van der Waals surface area contributed by atoms with Gasteiger partial charge in [-0.1, -0.05) is 0 Å². The highest BCUT2D eigenvalue weighted by Gasteiger charge is 2.22. The van der Waals surface area contributed by atoms with Crippen LogP contribution in [0.5, 0.6) is 0 Å². The van der Waals surface area contributed by atoms with E-state index in [2.05, 4.69) is 29.0 Å². The average molecular weight is 286 g/mol. The van der Waals surface area contributed by atoms with Crippen LogP contribution in [0.3, 0.4) is 0 Å². The van der Waals surface area contributed by atoms with Gasteiger partial charge in [-0.3, -0.25) is 10.1 Å². The molecule has 0 bridgehead atoms. The van der Waals surface area contributed by atoms with Gasteiger partial charge in [-0.2, -0.15) is 0 Å². The molecule has 2 heterocycles. The van der Waals surface area contributed by atoms with Crippen molar-refractivity contribution in [3.05, 3.63) is 40.4 Å². The maximum atomic E-state index is 10.8. The number of hydrogen-bond acceptors (Lipinski definition) is 5. The van der Waals surface area contributed by atoms with E-state index in [0.29, 0.717) is 12.1 Å². The summed E-state index contributed by atoms with van der Waals surface area (Å²) in [4.78, 5) is 17.3. The normalized spacial score (nSPS) is 22.5. The van der Waals surface area contributed by atoms with E-state index in [-0.39, 0.29) is 10.6 Å². The molecule has 0 radical (unpaired) electrons. The number of fused-ring (bicyclic) bond motifs is 1. The number of nitrogens with one attached hydrogen (secondary N) is 1. The summed E-state index contributed by atoms with van der Waals surface area (Å²) in [6, 6.07) is 9.47. The lowest BCUT2D eigenvalue weighted by Gasteiger charge is -2.37. The van der Waals surface area contributed by atoms with Crippen molar-refractivity contribution in [2.45, 2.75) is 25.9 Å². The zero-order chi connectivity index (χ0) is 15.0. The molecular formula is C15H18N4O2. The monoisotopic (exact) mass is 286 g/mol. The quantitative estimate of drug-likeness (QED) is 0.677.